The van der Waals surface area contributed by atoms with Gasteiger partial charge < -0.3 is 19.3 Å². The Hall–Kier alpha value is -2.57. The van der Waals surface area contributed by atoms with Gasteiger partial charge in [-0.25, -0.2) is 9.59 Å². The van der Waals surface area contributed by atoms with E-state index in [2.05, 4.69) is 4.74 Å². The number of rotatable bonds is 4. The Morgan fingerprint density at radius 2 is 1.83 bits per heavy atom. The fraction of sp³-hybridized carbons (Fsp3) is 0.471. The van der Waals surface area contributed by atoms with Gasteiger partial charge in [0.2, 0.25) is 0 Å². The van der Waals surface area contributed by atoms with Crippen molar-refractivity contribution in [2.75, 3.05) is 27.8 Å². The molecule has 1 aliphatic rings. The zero-order chi connectivity index (χ0) is 17.7. The first-order chi connectivity index (χ1) is 11.5. The summed E-state index contributed by atoms with van der Waals surface area (Å²) in [5, 5.41) is 0. The molecular weight excluding hydrogens is 312 g/mol. The molecule has 0 unspecified atom stereocenters. The first-order valence-corrected chi connectivity index (χ1v) is 7.71. The van der Waals surface area contributed by atoms with Crippen LogP contribution < -0.4 is 0 Å². The molecule has 24 heavy (non-hydrogen) atoms. The number of methoxy groups -OCH3 is 2. The lowest BCUT2D eigenvalue weighted by molar-refractivity contribution is -0.146. The van der Waals surface area contributed by atoms with E-state index in [4.69, 9.17) is 4.74 Å². The Labute approximate surface area is 141 Å². The molecule has 0 bridgehead atoms. The van der Waals surface area contributed by atoms with Crippen LogP contribution in [0.25, 0.3) is 0 Å². The van der Waals surface area contributed by atoms with Gasteiger partial charge >= 0.3 is 18.0 Å². The number of hydrogen-bond acceptors (Lipinski definition) is 5. The fourth-order valence-corrected chi connectivity index (χ4v) is 2.75. The Bertz CT molecular complexity index is 631. The number of urea groups is 1. The van der Waals surface area contributed by atoms with Crippen molar-refractivity contribution in [3.05, 3.63) is 35.4 Å². The molecule has 1 atom stereocenters. The van der Waals surface area contributed by atoms with Crippen molar-refractivity contribution in [2.45, 2.75) is 25.4 Å². The zero-order valence-electron chi connectivity index (χ0n) is 14.2. The van der Waals surface area contributed by atoms with E-state index >= 15 is 0 Å². The van der Waals surface area contributed by atoms with Gasteiger partial charge in [0.15, 0.2) is 0 Å². The van der Waals surface area contributed by atoms with Crippen LogP contribution >= 0.6 is 0 Å². The lowest BCUT2D eigenvalue weighted by Crippen LogP contribution is -2.53. The van der Waals surface area contributed by atoms with Crippen LogP contribution in [0, 0.1) is 0 Å². The molecule has 7 nitrogen and oxygen atoms in total. The third kappa shape index (κ3) is 3.84. The predicted molar refractivity (Wildman–Crippen MR) is 86.2 cm³/mol. The van der Waals surface area contributed by atoms with Gasteiger partial charge in [0.05, 0.1) is 20.6 Å². The number of amides is 2. The standard InChI is InChI=1S/C17H22N2O5/c1-18(9-8-15(20)23-2)17(22)19-11-13-7-5-4-6-12(13)10-14(19)16(21)24-3/h4-7,14H,8-11H2,1-3H3/t14-/m0/s1. The number of esters is 2. The van der Waals surface area contributed by atoms with Crippen molar-refractivity contribution < 1.29 is 23.9 Å². The minimum absolute atomic E-state index is 0.103. The van der Waals surface area contributed by atoms with Crippen molar-refractivity contribution in [2.24, 2.45) is 0 Å². The monoisotopic (exact) mass is 334 g/mol. The van der Waals surface area contributed by atoms with Crippen molar-refractivity contribution in [3.63, 3.8) is 0 Å². The van der Waals surface area contributed by atoms with Crippen LogP contribution in [0.3, 0.4) is 0 Å². The molecule has 2 rings (SSSR count). The van der Waals surface area contributed by atoms with Crippen molar-refractivity contribution in [1.29, 1.82) is 0 Å². The number of fused-ring (bicyclic) bond motifs is 1. The Balaban J connectivity index is 2.17. The van der Waals surface area contributed by atoms with Gasteiger partial charge in [-0.2, -0.15) is 0 Å². The topological polar surface area (TPSA) is 76.2 Å². The summed E-state index contributed by atoms with van der Waals surface area (Å²) in [6, 6.07) is 6.72. The molecule has 7 heteroatoms. The largest absolute Gasteiger partial charge is 0.469 e. The quantitative estimate of drug-likeness (QED) is 0.774. The van der Waals surface area contributed by atoms with E-state index in [0.717, 1.165) is 11.1 Å². The zero-order valence-corrected chi connectivity index (χ0v) is 14.2. The Morgan fingerprint density at radius 1 is 1.17 bits per heavy atom. The van der Waals surface area contributed by atoms with Crippen LogP contribution in [0.2, 0.25) is 0 Å². The Kier molecular flexibility index (Phi) is 5.78. The second-order valence-electron chi connectivity index (χ2n) is 5.67. The van der Waals surface area contributed by atoms with Crippen LogP contribution in [0.15, 0.2) is 24.3 Å². The highest BCUT2D eigenvalue weighted by Gasteiger charge is 2.36. The van der Waals surface area contributed by atoms with Crippen LogP contribution in [0.4, 0.5) is 4.79 Å². The smallest absolute Gasteiger partial charge is 0.329 e. The highest BCUT2D eigenvalue weighted by atomic mass is 16.5. The molecule has 0 radical (unpaired) electrons. The molecule has 0 N–H and O–H groups in total. The summed E-state index contributed by atoms with van der Waals surface area (Å²) in [7, 11) is 4.21. The van der Waals surface area contributed by atoms with Crippen molar-refractivity contribution in [1.82, 2.24) is 9.80 Å². The minimum Gasteiger partial charge on any atom is -0.469 e. The average Bonchev–Trinajstić information content (AvgIpc) is 2.63. The van der Waals surface area contributed by atoms with Crippen LogP contribution in [-0.4, -0.2) is 61.6 Å². The SMILES string of the molecule is COC(=O)CCN(C)C(=O)N1Cc2ccccc2C[C@H]1C(=O)OC. The van der Waals surface area contributed by atoms with E-state index in [9.17, 15) is 14.4 Å². The lowest BCUT2D eigenvalue weighted by Gasteiger charge is -2.37. The fourth-order valence-electron chi connectivity index (χ4n) is 2.75. The molecule has 1 aliphatic heterocycles. The van der Waals surface area contributed by atoms with E-state index in [1.165, 1.54) is 24.0 Å². The molecule has 0 saturated carbocycles. The highest BCUT2D eigenvalue weighted by Crippen LogP contribution is 2.25. The average molecular weight is 334 g/mol. The number of nitrogens with zero attached hydrogens (tertiary/aromatic N) is 2. The molecule has 1 aromatic rings. The predicted octanol–water partition coefficient (Wildman–Crippen LogP) is 1.20. The molecule has 0 aromatic heterocycles. The van der Waals surface area contributed by atoms with Crippen LogP contribution in [0.1, 0.15) is 17.5 Å². The number of ether oxygens (including phenoxy) is 2. The molecule has 0 saturated heterocycles. The first-order valence-electron chi connectivity index (χ1n) is 7.71. The third-order valence-corrected chi connectivity index (χ3v) is 4.17. The molecule has 1 aromatic carbocycles. The first kappa shape index (κ1) is 17.8. The van der Waals surface area contributed by atoms with Gasteiger partial charge in [0.25, 0.3) is 0 Å². The number of hydrogen-bond donors (Lipinski definition) is 0. The van der Waals surface area contributed by atoms with E-state index in [-0.39, 0.29) is 25.0 Å². The van der Waals surface area contributed by atoms with Gasteiger partial charge in [-0.1, -0.05) is 24.3 Å². The third-order valence-electron chi connectivity index (χ3n) is 4.17. The van der Waals surface area contributed by atoms with Crippen LogP contribution in [-0.2, 0) is 32.0 Å². The van der Waals surface area contributed by atoms with Crippen LogP contribution in [0.5, 0.6) is 0 Å². The molecule has 0 fully saturated rings. The van der Waals surface area contributed by atoms with Gasteiger partial charge in [-0.15, -0.1) is 0 Å². The number of benzene rings is 1. The maximum Gasteiger partial charge on any atom is 0.329 e. The molecule has 1 heterocycles. The molecule has 0 spiro atoms. The Morgan fingerprint density at radius 3 is 2.46 bits per heavy atom. The summed E-state index contributed by atoms with van der Waals surface area (Å²) < 4.78 is 9.44. The molecular formula is C17H22N2O5. The maximum absolute atomic E-state index is 12.7. The van der Waals surface area contributed by atoms with E-state index < -0.39 is 12.0 Å². The summed E-state index contributed by atoms with van der Waals surface area (Å²) in [4.78, 5) is 39.0. The second kappa shape index (κ2) is 7.81. The molecule has 2 amide bonds. The summed E-state index contributed by atoms with van der Waals surface area (Å²) in [5.41, 5.74) is 2.04. The minimum atomic E-state index is -0.669. The van der Waals surface area contributed by atoms with E-state index in [1.807, 2.05) is 24.3 Å². The molecule has 130 valence electrons. The number of carbonyl (C=O) groups excluding carboxylic acids is 3. The summed E-state index contributed by atoms with van der Waals surface area (Å²) in [6.07, 6.45) is 0.519. The number of carbonyl (C=O) groups is 3. The van der Waals surface area contributed by atoms with E-state index in [1.54, 1.807) is 7.05 Å². The highest BCUT2D eigenvalue weighted by molar-refractivity contribution is 5.84. The van der Waals surface area contributed by atoms with Gasteiger partial charge in [0, 0.05) is 26.6 Å². The summed E-state index contributed by atoms with van der Waals surface area (Å²) in [5.74, 6) is -0.831. The van der Waals surface area contributed by atoms with Gasteiger partial charge in [-0.3, -0.25) is 4.79 Å². The lowest BCUT2D eigenvalue weighted by atomic mass is 9.94. The van der Waals surface area contributed by atoms with E-state index in [0.29, 0.717) is 13.0 Å². The van der Waals surface area contributed by atoms with Crippen molar-refractivity contribution in [3.8, 4) is 0 Å². The normalized spacial score (nSPS) is 16.1. The van der Waals surface area contributed by atoms with Gasteiger partial charge in [0.1, 0.15) is 6.04 Å². The van der Waals surface area contributed by atoms with Crippen molar-refractivity contribution >= 4 is 18.0 Å². The maximum atomic E-state index is 12.7. The summed E-state index contributed by atoms with van der Waals surface area (Å²) in [6.45, 7) is 0.550. The second-order valence-corrected chi connectivity index (χ2v) is 5.67. The van der Waals surface area contributed by atoms with Gasteiger partial charge in [-0.05, 0) is 11.1 Å². The summed E-state index contributed by atoms with van der Waals surface area (Å²) >= 11 is 0. The molecule has 0 aliphatic carbocycles.